The first-order chi connectivity index (χ1) is 25.1. The van der Waals surface area contributed by atoms with E-state index in [0.717, 1.165) is 22.9 Å². The number of benzene rings is 6. The van der Waals surface area contributed by atoms with Gasteiger partial charge in [-0.25, -0.2) is 0 Å². The molecule has 1 aliphatic heterocycles. The summed E-state index contributed by atoms with van der Waals surface area (Å²) in [4.78, 5) is 0. The standard InChI is InChI=1S/C45H44IO4P/c46-51(39-25-13-4-14-26-39,40-27-15-5-16-28-40,41-29-17-6-18-30-41)35-43-45(49-33-38-23-11-3-12-24-38)44(48-32-37-21-9-2-10-22-37)42(50-43)34-47-31-36-19-7-1-8-20-36/h1-30,42-45H,31-35H2/t42-,43-,44-,45-/m1/s1. The maximum atomic E-state index is 7.24. The summed E-state index contributed by atoms with van der Waals surface area (Å²) in [6.45, 7) is 1.78. The quantitative estimate of drug-likeness (QED) is 0.0768. The summed E-state index contributed by atoms with van der Waals surface area (Å²) in [5.41, 5.74) is 3.35. The van der Waals surface area contributed by atoms with E-state index in [9.17, 15) is 0 Å². The molecule has 1 saturated heterocycles. The van der Waals surface area contributed by atoms with Crippen LogP contribution in [0.1, 0.15) is 16.7 Å². The van der Waals surface area contributed by atoms with E-state index in [1.54, 1.807) is 0 Å². The fraction of sp³-hybridized carbons (Fsp3) is 0.200. The molecule has 0 spiro atoms. The monoisotopic (exact) mass is 806 g/mol. The summed E-state index contributed by atoms with van der Waals surface area (Å²) >= 11 is 2.85. The van der Waals surface area contributed by atoms with E-state index in [1.807, 2.05) is 30.3 Å². The van der Waals surface area contributed by atoms with Crippen LogP contribution in [0.15, 0.2) is 182 Å². The van der Waals surface area contributed by atoms with Crippen molar-refractivity contribution in [2.24, 2.45) is 0 Å². The maximum absolute atomic E-state index is 7.24. The van der Waals surface area contributed by atoms with Gasteiger partial charge < -0.3 is 0 Å². The molecular weight excluding hydrogens is 762 g/mol. The van der Waals surface area contributed by atoms with Crippen molar-refractivity contribution in [1.82, 2.24) is 0 Å². The Bertz CT molecular complexity index is 1820. The minimum absolute atomic E-state index is 0.296. The summed E-state index contributed by atoms with van der Waals surface area (Å²) < 4.78 is 24.3. The van der Waals surface area contributed by atoms with Gasteiger partial charge in [0.05, 0.1) is 0 Å². The summed E-state index contributed by atoms with van der Waals surface area (Å²) in [7, 11) is 0. The fourth-order valence-corrected chi connectivity index (χ4v) is 16.1. The van der Waals surface area contributed by atoms with Gasteiger partial charge in [0.2, 0.25) is 0 Å². The van der Waals surface area contributed by atoms with E-state index >= 15 is 0 Å². The molecule has 260 valence electrons. The zero-order valence-corrected chi connectivity index (χ0v) is 31.7. The van der Waals surface area contributed by atoms with Crippen LogP contribution in [-0.4, -0.2) is 37.2 Å². The fourth-order valence-electron chi connectivity index (χ4n) is 7.21. The minimum atomic E-state index is -3.23. The van der Waals surface area contributed by atoms with Crippen LogP contribution in [0.2, 0.25) is 0 Å². The van der Waals surface area contributed by atoms with Crippen LogP contribution in [0.25, 0.3) is 0 Å². The van der Waals surface area contributed by atoms with E-state index in [4.69, 9.17) is 18.9 Å². The van der Waals surface area contributed by atoms with Crippen molar-refractivity contribution in [2.45, 2.75) is 44.2 Å². The SMILES string of the molecule is IP(C[C@H]1O[C@H](COCc2ccccc2)[C@@H](OCc2ccccc2)[C@@H]1OCc1ccccc1)(c1ccccc1)(c1ccccc1)c1ccccc1. The van der Waals surface area contributed by atoms with Crippen LogP contribution in [0, 0.1) is 0 Å². The molecule has 0 N–H and O–H groups in total. The number of halogens is 1. The molecule has 1 fully saturated rings. The van der Waals surface area contributed by atoms with Crippen LogP contribution < -0.4 is 15.9 Å². The first kappa shape index (κ1) is 35.7. The molecule has 7 rings (SSSR count). The third-order valence-electron chi connectivity index (χ3n) is 9.78. The molecule has 1 heterocycles. The molecule has 0 radical (unpaired) electrons. The van der Waals surface area contributed by atoms with E-state index in [-0.39, 0.29) is 24.4 Å². The molecule has 0 bridgehead atoms. The van der Waals surface area contributed by atoms with E-state index in [0.29, 0.717) is 26.4 Å². The predicted octanol–water partition coefficient (Wildman–Crippen LogP) is 9.02. The second kappa shape index (κ2) is 16.8. The molecule has 0 saturated carbocycles. The molecule has 6 heteroatoms. The summed E-state index contributed by atoms with van der Waals surface area (Å²) in [6, 6.07) is 64.0. The average molecular weight is 807 g/mol. The summed E-state index contributed by atoms with van der Waals surface area (Å²) in [6.07, 6.45) is -0.621. The van der Waals surface area contributed by atoms with Crippen molar-refractivity contribution in [3.8, 4) is 0 Å². The van der Waals surface area contributed by atoms with Gasteiger partial charge in [0.1, 0.15) is 0 Å². The van der Waals surface area contributed by atoms with Gasteiger partial charge in [-0.2, -0.15) is 0 Å². The third-order valence-corrected chi connectivity index (χ3v) is 21.1. The Morgan fingerprint density at radius 3 is 1.16 bits per heavy atom. The molecule has 4 atom stereocenters. The van der Waals surface area contributed by atoms with Crippen molar-refractivity contribution in [1.29, 1.82) is 0 Å². The van der Waals surface area contributed by atoms with E-state index < -0.39 is 4.25 Å². The molecule has 0 aliphatic carbocycles. The topological polar surface area (TPSA) is 36.9 Å². The van der Waals surface area contributed by atoms with Crippen LogP contribution >= 0.6 is 26.3 Å². The number of hydrogen-bond donors (Lipinski definition) is 0. The van der Waals surface area contributed by atoms with E-state index in [1.165, 1.54) is 15.9 Å². The molecule has 0 aromatic heterocycles. The zero-order valence-electron chi connectivity index (χ0n) is 28.6. The number of hydrogen-bond acceptors (Lipinski definition) is 4. The molecule has 1 aliphatic rings. The third kappa shape index (κ3) is 8.05. The van der Waals surface area contributed by atoms with Gasteiger partial charge in [0.25, 0.3) is 0 Å². The van der Waals surface area contributed by atoms with Gasteiger partial charge in [-0.3, -0.25) is 0 Å². The Labute approximate surface area is 315 Å². The summed E-state index contributed by atoms with van der Waals surface area (Å²) in [5, 5.41) is 3.91. The van der Waals surface area contributed by atoms with Gasteiger partial charge >= 0.3 is 317 Å². The van der Waals surface area contributed by atoms with Gasteiger partial charge in [-0.1, -0.05) is 0 Å². The van der Waals surface area contributed by atoms with E-state index in [2.05, 4.69) is 174 Å². The van der Waals surface area contributed by atoms with Crippen LogP contribution in [0.3, 0.4) is 0 Å². The predicted molar refractivity (Wildman–Crippen MR) is 219 cm³/mol. The van der Waals surface area contributed by atoms with Crippen LogP contribution in [0.4, 0.5) is 0 Å². The zero-order chi connectivity index (χ0) is 34.8. The Balaban J connectivity index is 1.31. The van der Waals surface area contributed by atoms with Crippen molar-refractivity contribution in [3.63, 3.8) is 0 Å². The van der Waals surface area contributed by atoms with Crippen LogP contribution in [-0.2, 0) is 38.8 Å². The molecular formula is C45H44IO4P. The normalized spacial score (nSPS) is 19.7. The molecule has 0 amide bonds. The summed E-state index contributed by atoms with van der Waals surface area (Å²) in [5.74, 6) is 0. The molecule has 0 unspecified atom stereocenters. The van der Waals surface area contributed by atoms with Crippen molar-refractivity contribution >= 4 is 42.2 Å². The first-order valence-electron chi connectivity index (χ1n) is 17.6. The Morgan fingerprint density at radius 1 is 0.431 bits per heavy atom. The Kier molecular flexibility index (Phi) is 11.7. The van der Waals surface area contributed by atoms with Gasteiger partial charge in [-0.15, -0.1) is 0 Å². The van der Waals surface area contributed by atoms with Crippen molar-refractivity contribution < 1.29 is 18.9 Å². The van der Waals surface area contributed by atoms with Crippen molar-refractivity contribution in [2.75, 3.05) is 12.8 Å². The molecule has 4 nitrogen and oxygen atoms in total. The van der Waals surface area contributed by atoms with Crippen molar-refractivity contribution in [3.05, 3.63) is 199 Å². The van der Waals surface area contributed by atoms with Gasteiger partial charge in [0.15, 0.2) is 0 Å². The Morgan fingerprint density at radius 2 is 0.765 bits per heavy atom. The molecule has 6 aromatic rings. The Hall–Kier alpha value is -3.68. The number of rotatable bonds is 15. The molecule has 6 aromatic carbocycles. The number of ether oxygens (including phenoxy) is 4. The average Bonchev–Trinajstić information content (AvgIpc) is 3.53. The van der Waals surface area contributed by atoms with Gasteiger partial charge in [0, 0.05) is 0 Å². The van der Waals surface area contributed by atoms with Gasteiger partial charge in [-0.05, 0) is 0 Å². The van der Waals surface area contributed by atoms with Crippen LogP contribution in [0.5, 0.6) is 0 Å². The second-order valence-corrected chi connectivity index (χ2v) is 23.8. The second-order valence-electron chi connectivity index (χ2n) is 13.1. The first-order valence-corrected chi connectivity index (χ1v) is 22.8. The molecule has 51 heavy (non-hydrogen) atoms.